The molecule has 0 aromatic carbocycles. The summed E-state index contributed by atoms with van der Waals surface area (Å²) in [6.07, 6.45) is 4.99. The van der Waals surface area contributed by atoms with Crippen LogP contribution in [0.2, 0.25) is 0 Å². The topological polar surface area (TPSA) is 3.01 Å². The van der Waals surface area contributed by atoms with Crippen LogP contribution in [-0.2, 0) is 0 Å². The minimum atomic E-state index is 0.866. The van der Waals surface area contributed by atoms with E-state index in [9.17, 15) is 0 Å². The number of rotatable bonds is 1. The zero-order valence-electron chi connectivity index (χ0n) is 7.30. The Morgan fingerprint density at radius 3 is 2.60 bits per heavy atom. The van der Waals surface area contributed by atoms with Crippen LogP contribution in [0.25, 0.3) is 0 Å². The maximum atomic E-state index is 2.33. The molecule has 0 aromatic rings. The summed E-state index contributed by atoms with van der Waals surface area (Å²) in [4.78, 5) is 0. The first-order valence-corrected chi connectivity index (χ1v) is 4.23. The fourth-order valence-corrected chi connectivity index (χ4v) is 1.50. The molecule has 0 saturated carbocycles. The van der Waals surface area contributed by atoms with Crippen molar-refractivity contribution in [3.05, 3.63) is 0 Å². The normalized spacial score (nSPS) is 26.8. The molecule has 58 valence electrons. The summed E-state index contributed by atoms with van der Waals surface area (Å²) in [6.45, 7) is 5.90. The highest BCUT2D eigenvalue weighted by Gasteiger charge is 2.19. The van der Waals surface area contributed by atoms with Crippen LogP contribution in [0.15, 0.2) is 0 Å². The molecule has 1 heteroatoms. The first-order chi connectivity index (χ1) is 4.70. The van der Waals surface area contributed by atoms with Crippen LogP contribution in [-0.4, -0.2) is 24.4 Å². The van der Waals surface area contributed by atoms with E-state index in [0.29, 0.717) is 0 Å². The lowest BCUT2D eigenvalue weighted by Crippen LogP contribution is -2.23. The molecule has 0 radical (unpaired) electrons. The largest absolute Gasteiger partial charge is 0.242 e. The van der Waals surface area contributed by atoms with Crippen LogP contribution in [0.1, 0.15) is 26.7 Å². The highest BCUT2D eigenvalue weighted by molar-refractivity contribution is 5.52. The highest BCUT2D eigenvalue weighted by atomic mass is 15.0. The van der Waals surface area contributed by atoms with Crippen LogP contribution in [0.4, 0.5) is 0 Å². The van der Waals surface area contributed by atoms with E-state index in [1.165, 1.54) is 19.4 Å². The van der Waals surface area contributed by atoms with Crippen LogP contribution in [0.5, 0.6) is 0 Å². The van der Waals surface area contributed by atoms with Crippen molar-refractivity contribution in [2.24, 2.45) is 11.8 Å². The van der Waals surface area contributed by atoms with Gasteiger partial charge < -0.3 is 0 Å². The first-order valence-electron chi connectivity index (χ1n) is 4.23. The molecule has 0 aromatic heterocycles. The SMILES string of the molecule is CC(C)C1CC=[N+](C)CC1. The van der Waals surface area contributed by atoms with Gasteiger partial charge in [0, 0.05) is 12.8 Å². The molecule has 0 saturated heterocycles. The fourth-order valence-electron chi connectivity index (χ4n) is 1.50. The molecule has 1 heterocycles. The summed E-state index contributed by atoms with van der Waals surface area (Å²) in [5.41, 5.74) is 0. The van der Waals surface area contributed by atoms with Crippen LogP contribution < -0.4 is 0 Å². The predicted molar refractivity (Wildman–Crippen MR) is 44.7 cm³/mol. The molecule has 0 bridgehead atoms. The molecule has 1 unspecified atom stereocenters. The average molecular weight is 140 g/mol. The second-order valence-corrected chi connectivity index (χ2v) is 3.69. The summed E-state index contributed by atoms with van der Waals surface area (Å²) < 4.78 is 2.30. The Balaban J connectivity index is 2.42. The van der Waals surface area contributed by atoms with E-state index in [1.54, 1.807) is 0 Å². The highest BCUT2D eigenvalue weighted by Crippen LogP contribution is 2.19. The number of nitrogens with zero attached hydrogens (tertiary/aromatic N) is 1. The molecule has 0 spiro atoms. The van der Waals surface area contributed by atoms with Crippen molar-refractivity contribution in [1.82, 2.24) is 0 Å². The molecule has 1 aliphatic heterocycles. The lowest BCUT2D eigenvalue weighted by atomic mass is 9.88. The molecule has 0 aliphatic carbocycles. The lowest BCUT2D eigenvalue weighted by molar-refractivity contribution is -0.500. The van der Waals surface area contributed by atoms with Gasteiger partial charge in [-0.15, -0.1) is 0 Å². The van der Waals surface area contributed by atoms with Gasteiger partial charge in [-0.25, -0.2) is 4.58 Å². The molecular formula is C9H18N+. The lowest BCUT2D eigenvalue weighted by Gasteiger charge is -2.19. The minimum absolute atomic E-state index is 0.866. The third-order valence-electron chi connectivity index (χ3n) is 2.52. The monoisotopic (exact) mass is 140 g/mol. The molecule has 0 N–H and O–H groups in total. The van der Waals surface area contributed by atoms with Crippen LogP contribution >= 0.6 is 0 Å². The van der Waals surface area contributed by atoms with Crippen molar-refractivity contribution in [2.45, 2.75) is 26.7 Å². The van der Waals surface area contributed by atoms with E-state index in [-0.39, 0.29) is 0 Å². The maximum absolute atomic E-state index is 2.33. The van der Waals surface area contributed by atoms with E-state index >= 15 is 0 Å². The molecule has 0 fully saturated rings. The van der Waals surface area contributed by atoms with Gasteiger partial charge in [-0.3, -0.25) is 0 Å². The van der Waals surface area contributed by atoms with Crippen molar-refractivity contribution >= 4 is 6.21 Å². The summed E-state index contributed by atoms with van der Waals surface area (Å²) in [5, 5.41) is 0. The zero-order valence-corrected chi connectivity index (χ0v) is 7.30. The molecule has 1 atom stereocenters. The van der Waals surface area contributed by atoms with Gasteiger partial charge in [-0.05, 0) is 11.8 Å². The Morgan fingerprint density at radius 2 is 2.20 bits per heavy atom. The van der Waals surface area contributed by atoms with E-state index in [4.69, 9.17) is 0 Å². The van der Waals surface area contributed by atoms with Gasteiger partial charge in [0.15, 0.2) is 0 Å². The predicted octanol–water partition coefficient (Wildman–Crippen LogP) is 1.77. The summed E-state index contributed by atoms with van der Waals surface area (Å²) in [7, 11) is 2.16. The Bertz CT molecular complexity index is 136. The van der Waals surface area contributed by atoms with Crippen molar-refractivity contribution in [2.75, 3.05) is 13.6 Å². The second-order valence-electron chi connectivity index (χ2n) is 3.69. The molecule has 1 aliphatic rings. The van der Waals surface area contributed by atoms with Gasteiger partial charge >= 0.3 is 0 Å². The maximum Gasteiger partial charge on any atom is 0.142 e. The van der Waals surface area contributed by atoms with Crippen molar-refractivity contribution in [1.29, 1.82) is 0 Å². The Hall–Kier alpha value is -0.330. The van der Waals surface area contributed by atoms with Gasteiger partial charge in [0.1, 0.15) is 19.8 Å². The minimum Gasteiger partial charge on any atom is -0.242 e. The van der Waals surface area contributed by atoms with E-state index in [2.05, 4.69) is 31.7 Å². The summed E-state index contributed by atoms with van der Waals surface area (Å²) >= 11 is 0. The van der Waals surface area contributed by atoms with Crippen LogP contribution in [0.3, 0.4) is 0 Å². The van der Waals surface area contributed by atoms with Gasteiger partial charge in [0.2, 0.25) is 0 Å². The second kappa shape index (κ2) is 3.18. The van der Waals surface area contributed by atoms with E-state index in [0.717, 1.165) is 11.8 Å². The van der Waals surface area contributed by atoms with E-state index < -0.39 is 0 Å². The molecule has 10 heavy (non-hydrogen) atoms. The molecule has 1 nitrogen and oxygen atoms in total. The van der Waals surface area contributed by atoms with Gasteiger partial charge in [-0.1, -0.05) is 13.8 Å². The third kappa shape index (κ3) is 1.83. The fraction of sp³-hybridized carbons (Fsp3) is 0.889. The molecular weight excluding hydrogens is 122 g/mol. The number of hydrogen-bond acceptors (Lipinski definition) is 0. The smallest absolute Gasteiger partial charge is 0.142 e. The van der Waals surface area contributed by atoms with Crippen LogP contribution in [0, 0.1) is 11.8 Å². The zero-order chi connectivity index (χ0) is 7.56. The molecule has 1 rings (SSSR count). The average Bonchev–Trinajstić information content (AvgIpc) is 1.88. The quantitative estimate of drug-likeness (QED) is 0.488. The van der Waals surface area contributed by atoms with Gasteiger partial charge in [-0.2, -0.15) is 0 Å². The Morgan fingerprint density at radius 1 is 1.50 bits per heavy atom. The van der Waals surface area contributed by atoms with Crippen molar-refractivity contribution < 1.29 is 4.58 Å². The third-order valence-corrected chi connectivity index (χ3v) is 2.52. The standard InChI is InChI=1S/C9H18N/c1-8(2)9-4-6-10(3)7-5-9/h6,8-9H,4-5,7H2,1-3H3/q+1. The van der Waals surface area contributed by atoms with Crippen molar-refractivity contribution in [3.63, 3.8) is 0 Å². The summed E-state index contributed by atoms with van der Waals surface area (Å²) in [6, 6.07) is 0. The van der Waals surface area contributed by atoms with E-state index in [1.807, 2.05) is 0 Å². The van der Waals surface area contributed by atoms with Gasteiger partial charge in [0.25, 0.3) is 0 Å². The molecule has 0 amide bonds. The van der Waals surface area contributed by atoms with Crippen molar-refractivity contribution in [3.8, 4) is 0 Å². The summed E-state index contributed by atoms with van der Waals surface area (Å²) in [5.74, 6) is 1.81. The Kier molecular flexibility index (Phi) is 2.47. The number of hydrogen-bond donors (Lipinski definition) is 0. The van der Waals surface area contributed by atoms with Gasteiger partial charge in [0.05, 0.1) is 0 Å². The Labute approximate surface area is 63.8 Å². The first kappa shape index (κ1) is 7.77.